The first kappa shape index (κ1) is 24.8. The number of benzene rings is 3. The number of aryl methyl sites for hydroxylation is 1. The minimum Gasteiger partial charge on any atom is -0.339 e. The normalized spacial score (nSPS) is 16.2. The zero-order valence-corrected chi connectivity index (χ0v) is 22.6. The number of aromatic nitrogens is 2. The second kappa shape index (κ2) is 10.3. The first-order valence-electron chi connectivity index (χ1n) is 11.9. The Labute approximate surface area is 220 Å². The lowest BCUT2D eigenvalue weighted by atomic mass is 10.1. The van der Waals surface area contributed by atoms with E-state index < -0.39 is 10.0 Å². The summed E-state index contributed by atoms with van der Waals surface area (Å²) in [6.07, 6.45) is 0. The fraction of sp³-hybridized carbons (Fsp3) is 0.259. The van der Waals surface area contributed by atoms with E-state index in [0.29, 0.717) is 36.9 Å². The molecule has 0 spiro atoms. The number of rotatable bonds is 6. The lowest BCUT2D eigenvalue weighted by Gasteiger charge is -2.36. The fourth-order valence-corrected chi connectivity index (χ4v) is 6.15. The molecule has 1 N–H and O–H groups in total. The highest BCUT2D eigenvalue weighted by Gasteiger charge is 2.31. The largest absolute Gasteiger partial charge is 0.339 e. The number of nitrogens with zero attached hydrogens (tertiary/aromatic N) is 4. The summed E-state index contributed by atoms with van der Waals surface area (Å²) < 4.78 is 28.6. The van der Waals surface area contributed by atoms with Crippen LogP contribution in [0.5, 0.6) is 0 Å². The minimum absolute atomic E-state index is 0.0652. The van der Waals surface area contributed by atoms with Crippen molar-refractivity contribution in [3.8, 4) is 0 Å². The van der Waals surface area contributed by atoms with E-state index in [2.05, 4.69) is 46.1 Å². The number of fused-ring (bicyclic) bond motifs is 1. The Hall–Kier alpha value is -2.85. The highest BCUT2D eigenvalue weighted by atomic mass is 79.9. The van der Waals surface area contributed by atoms with Crippen LogP contribution in [0.2, 0.25) is 0 Å². The van der Waals surface area contributed by atoms with Gasteiger partial charge in [0.05, 0.1) is 16.5 Å². The van der Waals surface area contributed by atoms with Crippen LogP contribution in [-0.4, -0.2) is 53.8 Å². The van der Waals surface area contributed by atoms with E-state index in [9.17, 15) is 8.42 Å². The van der Waals surface area contributed by atoms with Crippen molar-refractivity contribution in [1.82, 2.24) is 19.2 Å². The Kier molecular flexibility index (Phi) is 7.07. The fourth-order valence-electron chi connectivity index (χ4n) is 4.47. The summed E-state index contributed by atoms with van der Waals surface area (Å²) in [5.74, 6) is 1.49. The topological polar surface area (TPSA) is 78.4 Å². The average molecular weight is 567 g/mol. The maximum atomic E-state index is 13.1. The number of piperazine rings is 1. The van der Waals surface area contributed by atoms with Crippen LogP contribution >= 0.6 is 15.9 Å². The molecule has 1 aliphatic heterocycles. The molecule has 5 rings (SSSR count). The van der Waals surface area contributed by atoms with Gasteiger partial charge in [0.1, 0.15) is 11.6 Å². The van der Waals surface area contributed by atoms with Crippen molar-refractivity contribution >= 4 is 48.4 Å². The number of hydrogen-bond acceptors (Lipinski definition) is 6. The van der Waals surface area contributed by atoms with Gasteiger partial charge in [0, 0.05) is 41.7 Å². The third-order valence-corrected chi connectivity index (χ3v) is 9.11. The van der Waals surface area contributed by atoms with E-state index in [4.69, 9.17) is 9.97 Å². The molecule has 186 valence electrons. The van der Waals surface area contributed by atoms with Crippen LogP contribution in [-0.2, 0) is 10.0 Å². The van der Waals surface area contributed by atoms with Crippen molar-refractivity contribution < 1.29 is 8.42 Å². The van der Waals surface area contributed by atoms with Gasteiger partial charge in [0.2, 0.25) is 10.0 Å². The Morgan fingerprint density at radius 2 is 1.56 bits per heavy atom. The number of halogens is 1. The summed E-state index contributed by atoms with van der Waals surface area (Å²) in [6.45, 7) is 6.20. The standard InChI is InChI=1S/C27H28BrN5O2S/c1-19-7-3-5-9-24(19)29-27-23-8-4-6-10-25(23)30-26(31-27)20(2)32-15-17-33(18-16-32)36(34,35)22-13-11-21(28)12-14-22/h3-14,20H,15-18H2,1-2H3,(H,29,30,31). The van der Waals surface area contributed by atoms with Gasteiger partial charge in [-0.3, -0.25) is 4.90 Å². The highest BCUT2D eigenvalue weighted by molar-refractivity contribution is 9.10. The molecule has 0 radical (unpaired) electrons. The van der Waals surface area contributed by atoms with Crippen LogP contribution < -0.4 is 5.32 Å². The molecule has 4 aromatic rings. The van der Waals surface area contributed by atoms with Crippen molar-refractivity contribution in [3.63, 3.8) is 0 Å². The maximum Gasteiger partial charge on any atom is 0.243 e. The summed E-state index contributed by atoms with van der Waals surface area (Å²) in [6, 6.07) is 22.8. The van der Waals surface area contributed by atoms with Crippen LogP contribution in [0.15, 0.2) is 82.2 Å². The molecule has 1 saturated heterocycles. The molecule has 1 fully saturated rings. The molecular formula is C27H28BrN5O2S. The smallest absolute Gasteiger partial charge is 0.243 e. The lowest BCUT2D eigenvalue weighted by molar-refractivity contribution is 0.141. The number of para-hydroxylation sites is 2. The predicted octanol–water partition coefficient (Wildman–Crippen LogP) is 5.51. The molecule has 0 aliphatic carbocycles. The van der Waals surface area contributed by atoms with Crippen LogP contribution in [0, 0.1) is 6.92 Å². The minimum atomic E-state index is -3.52. The van der Waals surface area contributed by atoms with Crippen molar-refractivity contribution in [2.75, 3.05) is 31.5 Å². The molecule has 9 heteroatoms. The van der Waals surface area contributed by atoms with E-state index in [-0.39, 0.29) is 6.04 Å². The molecule has 0 amide bonds. The predicted molar refractivity (Wildman–Crippen MR) is 147 cm³/mol. The van der Waals surface area contributed by atoms with E-state index in [1.807, 2.05) is 42.5 Å². The molecule has 0 saturated carbocycles. The molecule has 1 aromatic heterocycles. The van der Waals surface area contributed by atoms with Gasteiger partial charge >= 0.3 is 0 Å². The third kappa shape index (κ3) is 5.01. The molecule has 3 aromatic carbocycles. The molecule has 0 bridgehead atoms. The molecular weight excluding hydrogens is 538 g/mol. The SMILES string of the molecule is Cc1ccccc1Nc1nc(C(C)N2CCN(S(=O)(=O)c3ccc(Br)cc3)CC2)nc2ccccc12. The monoisotopic (exact) mass is 565 g/mol. The van der Waals surface area contributed by atoms with Crippen LogP contribution in [0.25, 0.3) is 10.9 Å². The van der Waals surface area contributed by atoms with Crippen LogP contribution in [0.4, 0.5) is 11.5 Å². The molecule has 7 nitrogen and oxygen atoms in total. The molecule has 36 heavy (non-hydrogen) atoms. The van der Waals surface area contributed by atoms with E-state index >= 15 is 0 Å². The van der Waals surface area contributed by atoms with Crippen LogP contribution in [0.3, 0.4) is 0 Å². The second-order valence-electron chi connectivity index (χ2n) is 8.96. The summed E-state index contributed by atoms with van der Waals surface area (Å²) in [5.41, 5.74) is 3.02. The lowest BCUT2D eigenvalue weighted by Crippen LogP contribution is -2.49. The summed E-state index contributed by atoms with van der Waals surface area (Å²) in [4.78, 5) is 12.4. The first-order valence-corrected chi connectivity index (χ1v) is 14.2. The van der Waals surface area contributed by atoms with E-state index in [1.165, 1.54) is 0 Å². The van der Waals surface area contributed by atoms with Gasteiger partial charge < -0.3 is 5.32 Å². The van der Waals surface area contributed by atoms with Gasteiger partial charge in [-0.25, -0.2) is 18.4 Å². The number of anilines is 2. The molecule has 2 heterocycles. The number of nitrogens with one attached hydrogen (secondary N) is 1. The van der Waals surface area contributed by atoms with Crippen molar-refractivity contribution in [3.05, 3.63) is 88.7 Å². The van der Waals surface area contributed by atoms with Crippen LogP contribution in [0.1, 0.15) is 24.4 Å². The summed E-state index contributed by atoms with van der Waals surface area (Å²) >= 11 is 3.36. The van der Waals surface area contributed by atoms with Gasteiger partial charge in [-0.05, 0) is 61.9 Å². The highest BCUT2D eigenvalue weighted by Crippen LogP contribution is 2.29. The zero-order valence-electron chi connectivity index (χ0n) is 20.2. The van der Waals surface area contributed by atoms with Gasteiger partial charge in [0.25, 0.3) is 0 Å². The third-order valence-electron chi connectivity index (χ3n) is 6.66. The van der Waals surface area contributed by atoms with E-state index in [1.54, 1.807) is 28.6 Å². The summed E-state index contributed by atoms with van der Waals surface area (Å²) in [7, 11) is -3.52. The van der Waals surface area contributed by atoms with Crippen molar-refractivity contribution in [1.29, 1.82) is 0 Å². The maximum absolute atomic E-state index is 13.1. The number of sulfonamides is 1. The molecule has 1 atom stereocenters. The average Bonchev–Trinajstić information content (AvgIpc) is 2.90. The second-order valence-corrected chi connectivity index (χ2v) is 11.8. The van der Waals surface area contributed by atoms with Gasteiger partial charge in [-0.15, -0.1) is 0 Å². The quantitative estimate of drug-likeness (QED) is 0.332. The molecule has 1 unspecified atom stereocenters. The van der Waals surface area contributed by atoms with E-state index in [0.717, 1.165) is 32.4 Å². The Morgan fingerprint density at radius 3 is 2.28 bits per heavy atom. The van der Waals surface area contributed by atoms with Gasteiger partial charge in [-0.2, -0.15) is 4.31 Å². The molecule has 1 aliphatic rings. The van der Waals surface area contributed by atoms with Gasteiger partial charge in [0.15, 0.2) is 0 Å². The van der Waals surface area contributed by atoms with Gasteiger partial charge in [-0.1, -0.05) is 46.3 Å². The Bertz CT molecular complexity index is 1490. The van der Waals surface area contributed by atoms with Crippen molar-refractivity contribution in [2.24, 2.45) is 0 Å². The first-order chi connectivity index (χ1) is 17.3. The zero-order chi connectivity index (χ0) is 25.3. The van der Waals surface area contributed by atoms with Crippen molar-refractivity contribution in [2.45, 2.75) is 24.8 Å². The Balaban J connectivity index is 1.37. The summed E-state index contributed by atoms with van der Waals surface area (Å²) in [5, 5.41) is 4.46. The Morgan fingerprint density at radius 1 is 0.889 bits per heavy atom. The number of hydrogen-bond donors (Lipinski definition) is 1.